The predicted molar refractivity (Wildman–Crippen MR) is 75.5 cm³/mol. The normalized spacial score (nSPS) is 34.2. The molecule has 1 saturated carbocycles. The van der Waals surface area contributed by atoms with Crippen LogP contribution in [0.2, 0.25) is 0 Å². The quantitative estimate of drug-likeness (QED) is 0.816. The van der Waals surface area contributed by atoms with Crippen LogP contribution in [0.5, 0.6) is 0 Å². The average Bonchev–Trinajstić information content (AvgIpc) is 2.86. The molecule has 0 amide bonds. The highest BCUT2D eigenvalue weighted by molar-refractivity contribution is 5.13. The van der Waals surface area contributed by atoms with Gasteiger partial charge in [-0.15, -0.1) is 0 Å². The summed E-state index contributed by atoms with van der Waals surface area (Å²) in [5.41, 5.74) is 2.13. The molecule has 1 spiro atoms. The van der Waals surface area contributed by atoms with E-state index < -0.39 is 0 Å². The minimum Gasteiger partial charge on any atom is -0.326 e. The summed E-state index contributed by atoms with van der Waals surface area (Å²) in [6, 6.07) is 11.1. The number of rotatable bonds is 2. The lowest BCUT2D eigenvalue weighted by Gasteiger charge is -2.32. The van der Waals surface area contributed by atoms with Gasteiger partial charge in [0.1, 0.15) is 6.54 Å². The van der Waals surface area contributed by atoms with E-state index in [4.69, 9.17) is 0 Å². The summed E-state index contributed by atoms with van der Waals surface area (Å²) in [4.78, 5) is 1.87. The first kappa shape index (κ1) is 12.2. The molecule has 2 fully saturated rings. The third kappa shape index (κ3) is 2.09. The minimum absolute atomic E-state index is 0.620. The fourth-order valence-corrected chi connectivity index (χ4v) is 4.41. The maximum atomic E-state index is 2.46. The third-order valence-electron chi connectivity index (χ3n) is 5.54. The zero-order chi connectivity index (χ0) is 12.6. The second-order valence-electron chi connectivity index (χ2n) is 6.76. The molecule has 1 heteroatoms. The van der Waals surface area contributed by atoms with E-state index in [-0.39, 0.29) is 0 Å². The van der Waals surface area contributed by atoms with E-state index in [0.717, 1.165) is 11.8 Å². The molecule has 1 aliphatic heterocycles. The molecule has 1 saturated heterocycles. The molecule has 0 radical (unpaired) electrons. The van der Waals surface area contributed by atoms with Gasteiger partial charge in [-0.25, -0.2) is 0 Å². The summed E-state index contributed by atoms with van der Waals surface area (Å²) < 4.78 is 0. The van der Waals surface area contributed by atoms with Gasteiger partial charge in [0.15, 0.2) is 0 Å². The van der Waals surface area contributed by atoms with Crippen LogP contribution in [0.15, 0.2) is 30.3 Å². The maximum absolute atomic E-state index is 2.46. The molecular weight excluding hydrogens is 218 g/mol. The van der Waals surface area contributed by atoms with Crippen molar-refractivity contribution in [1.29, 1.82) is 0 Å². The van der Waals surface area contributed by atoms with Crippen molar-refractivity contribution in [3.05, 3.63) is 35.9 Å². The summed E-state index contributed by atoms with van der Waals surface area (Å²) in [7, 11) is 0. The number of likely N-dealkylation sites (tertiary alicyclic amines) is 1. The standard InChI is InChI=1S/C17H25N/c1-14-11-17(12-15(14)2)9-6-10-18(17)13-16-7-4-3-5-8-16/h3-5,7-8,14-15H,6,9-13H2,1-2H3/p+1/t14-,15-/m1/s1. The Morgan fingerprint density at radius 3 is 2.44 bits per heavy atom. The summed E-state index contributed by atoms with van der Waals surface area (Å²) in [5, 5.41) is 0. The molecular formula is C17H26N+. The van der Waals surface area contributed by atoms with Crippen molar-refractivity contribution in [1.82, 2.24) is 0 Å². The molecule has 1 aromatic rings. The van der Waals surface area contributed by atoms with Crippen molar-refractivity contribution in [3.63, 3.8) is 0 Å². The Balaban J connectivity index is 1.76. The van der Waals surface area contributed by atoms with Gasteiger partial charge in [0.05, 0.1) is 12.1 Å². The van der Waals surface area contributed by atoms with E-state index in [1.165, 1.54) is 44.3 Å². The van der Waals surface area contributed by atoms with Gasteiger partial charge in [0.2, 0.25) is 0 Å². The largest absolute Gasteiger partial charge is 0.326 e. The number of hydrogen-bond donors (Lipinski definition) is 1. The highest BCUT2D eigenvalue weighted by Gasteiger charge is 2.51. The zero-order valence-electron chi connectivity index (χ0n) is 11.8. The van der Waals surface area contributed by atoms with Gasteiger partial charge in [0.25, 0.3) is 0 Å². The Hall–Kier alpha value is -0.820. The van der Waals surface area contributed by atoms with E-state index in [0.29, 0.717) is 5.54 Å². The lowest BCUT2D eigenvalue weighted by Crippen LogP contribution is -3.16. The molecule has 1 aromatic carbocycles. The van der Waals surface area contributed by atoms with E-state index in [1.54, 1.807) is 0 Å². The number of nitrogens with one attached hydrogen (secondary N) is 1. The fraction of sp³-hybridized carbons (Fsp3) is 0.647. The second kappa shape index (κ2) is 4.70. The van der Waals surface area contributed by atoms with Crippen LogP contribution in [0.25, 0.3) is 0 Å². The van der Waals surface area contributed by atoms with Crippen molar-refractivity contribution >= 4 is 0 Å². The summed E-state index contributed by atoms with van der Waals surface area (Å²) in [6.07, 6.45) is 5.80. The van der Waals surface area contributed by atoms with Crippen LogP contribution < -0.4 is 4.90 Å². The van der Waals surface area contributed by atoms with Crippen LogP contribution >= 0.6 is 0 Å². The summed E-state index contributed by atoms with van der Waals surface area (Å²) in [6.45, 7) is 7.53. The van der Waals surface area contributed by atoms with Crippen molar-refractivity contribution in [3.8, 4) is 0 Å². The van der Waals surface area contributed by atoms with Crippen molar-refractivity contribution in [2.45, 2.75) is 51.6 Å². The van der Waals surface area contributed by atoms with Gasteiger partial charge in [-0.1, -0.05) is 44.2 Å². The molecule has 98 valence electrons. The third-order valence-corrected chi connectivity index (χ3v) is 5.54. The molecule has 1 nitrogen and oxygen atoms in total. The van der Waals surface area contributed by atoms with Crippen molar-refractivity contribution < 1.29 is 4.90 Å². The van der Waals surface area contributed by atoms with Gasteiger partial charge in [-0.2, -0.15) is 0 Å². The van der Waals surface area contributed by atoms with Crippen LogP contribution in [-0.2, 0) is 6.54 Å². The van der Waals surface area contributed by atoms with Crippen LogP contribution in [-0.4, -0.2) is 12.1 Å². The molecule has 0 bridgehead atoms. The molecule has 1 aliphatic carbocycles. The molecule has 0 aromatic heterocycles. The van der Waals surface area contributed by atoms with E-state index in [9.17, 15) is 0 Å². The predicted octanol–water partition coefficient (Wildman–Crippen LogP) is 2.67. The lowest BCUT2D eigenvalue weighted by molar-refractivity contribution is -0.952. The Bertz CT molecular complexity index is 387. The Kier molecular flexibility index (Phi) is 3.19. The molecule has 3 atom stereocenters. The van der Waals surface area contributed by atoms with Crippen LogP contribution in [0.1, 0.15) is 45.1 Å². The highest BCUT2D eigenvalue weighted by atomic mass is 15.2. The van der Waals surface area contributed by atoms with Gasteiger partial charge < -0.3 is 4.90 Å². The van der Waals surface area contributed by atoms with E-state index >= 15 is 0 Å². The monoisotopic (exact) mass is 244 g/mol. The zero-order valence-corrected chi connectivity index (χ0v) is 11.8. The summed E-state index contributed by atoms with van der Waals surface area (Å²) >= 11 is 0. The van der Waals surface area contributed by atoms with Gasteiger partial charge in [0, 0.05) is 31.2 Å². The van der Waals surface area contributed by atoms with Crippen molar-refractivity contribution in [2.75, 3.05) is 6.54 Å². The van der Waals surface area contributed by atoms with Crippen LogP contribution in [0, 0.1) is 11.8 Å². The summed E-state index contributed by atoms with van der Waals surface area (Å²) in [5.74, 6) is 1.85. The Morgan fingerprint density at radius 1 is 1.11 bits per heavy atom. The Morgan fingerprint density at radius 2 is 1.78 bits per heavy atom. The first-order chi connectivity index (χ1) is 8.70. The fourth-order valence-electron chi connectivity index (χ4n) is 4.41. The number of quaternary nitrogens is 1. The molecule has 2 aliphatic rings. The second-order valence-corrected chi connectivity index (χ2v) is 6.76. The number of hydrogen-bond acceptors (Lipinski definition) is 0. The maximum Gasteiger partial charge on any atom is 0.103 e. The number of benzene rings is 1. The topological polar surface area (TPSA) is 4.44 Å². The highest BCUT2D eigenvalue weighted by Crippen LogP contribution is 2.41. The average molecular weight is 244 g/mol. The molecule has 1 N–H and O–H groups in total. The minimum atomic E-state index is 0.620. The smallest absolute Gasteiger partial charge is 0.103 e. The van der Waals surface area contributed by atoms with Gasteiger partial charge in [-0.3, -0.25) is 0 Å². The molecule has 3 rings (SSSR count). The van der Waals surface area contributed by atoms with Gasteiger partial charge in [-0.05, 0) is 11.8 Å². The molecule has 18 heavy (non-hydrogen) atoms. The molecule has 1 heterocycles. The Labute approximate surface area is 111 Å². The van der Waals surface area contributed by atoms with E-state index in [1.807, 2.05) is 4.90 Å². The first-order valence-electron chi connectivity index (χ1n) is 7.59. The van der Waals surface area contributed by atoms with Gasteiger partial charge >= 0.3 is 0 Å². The molecule has 1 unspecified atom stereocenters. The van der Waals surface area contributed by atoms with Crippen LogP contribution in [0.4, 0.5) is 0 Å². The van der Waals surface area contributed by atoms with Crippen LogP contribution in [0.3, 0.4) is 0 Å². The van der Waals surface area contributed by atoms with E-state index in [2.05, 4.69) is 44.2 Å². The first-order valence-corrected chi connectivity index (χ1v) is 7.59. The SMILES string of the molecule is C[C@@H]1CC2(CCC[NH+]2Cc2ccccc2)C[C@H]1C. The van der Waals surface area contributed by atoms with Crippen molar-refractivity contribution in [2.24, 2.45) is 11.8 Å². The lowest BCUT2D eigenvalue weighted by atomic mass is 9.92.